The van der Waals surface area contributed by atoms with Crippen molar-refractivity contribution in [3.8, 4) is 0 Å². The molecule has 0 fully saturated rings. The normalized spacial score (nSPS) is 10.2. The molecule has 14 heavy (non-hydrogen) atoms. The van der Waals surface area contributed by atoms with Crippen LogP contribution in [0.1, 0.15) is 5.56 Å². The zero-order valence-electron chi connectivity index (χ0n) is 7.72. The van der Waals surface area contributed by atoms with Gasteiger partial charge in [0.1, 0.15) is 0 Å². The van der Waals surface area contributed by atoms with Gasteiger partial charge in [-0.25, -0.2) is 0 Å². The third kappa shape index (κ3) is 3.52. The van der Waals surface area contributed by atoms with E-state index in [0.29, 0.717) is 11.4 Å². The zero-order valence-corrected chi connectivity index (χ0v) is 10.0. The molecule has 0 heterocycles. The number of carbonyl (C=O) groups is 1. The number of ketones is 1. The molecule has 1 rings (SSSR count). The Morgan fingerprint density at radius 3 is 2.71 bits per heavy atom. The third-order valence-corrected chi connectivity index (χ3v) is 2.94. The number of alkyl halides is 1. The molecule has 0 aliphatic rings. The number of thioether (sulfide) groups is 1. The first-order valence-corrected chi connectivity index (χ1v) is 6.20. The fraction of sp³-hybridized carbons (Fsp3) is 0.300. The van der Waals surface area contributed by atoms with Gasteiger partial charge in [0, 0.05) is 16.3 Å². The van der Waals surface area contributed by atoms with E-state index in [1.807, 2.05) is 18.4 Å². The predicted octanol–water partition coefficient (Wildman–Crippen LogP) is 3.41. The molecule has 0 atom stereocenters. The van der Waals surface area contributed by atoms with Gasteiger partial charge in [-0.3, -0.25) is 4.79 Å². The lowest BCUT2D eigenvalue weighted by Gasteiger charge is -2.03. The molecule has 76 valence electrons. The van der Waals surface area contributed by atoms with Crippen LogP contribution in [-0.4, -0.2) is 17.9 Å². The number of hydrogen-bond donors (Lipinski definition) is 0. The maximum absolute atomic E-state index is 11.1. The first kappa shape index (κ1) is 11.9. The van der Waals surface area contributed by atoms with Crippen molar-refractivity contribution in [2.24, 2.45) is 0 Å². The lowest BCUT2D eigenvalue weighted by atomic mass is 10.1. The minimum absolute atomic E-state index is 0.0148. The lowest BCUT2D eigenvalue weighted by molar-refractivity contribution is -0.116. The van der Waals surface area contributed by atoms with Crippen LogP contribution in [0, 0.1) is 0 Å². The fourth-order valence-corrected chi connectivity index (χ4v) is 2.05. The van der Waals surface area contributed by atoms with Gasteiger partial charge < -0.3 is 0 Å². The second kappa shape index (κ2) is 5.64. The molecule has 1 aromatic rings. The minimum Gasteiger partial charge on any atom is -0.298 e. The smallest absolute Gasteiger partial charge is 0.151 e. The molecule has 0 saturated heterocycles. The van der Waals surface area contributed by atoms with E-state index in [2.05, 4.69) is 0 Å². The molecule has 0 unspecified atom stereocenters. The van der Waals surface area contributed by atoms with Crippen LogP contribution in [0.4, 0.5) is 0 Å². The summed E-state index contributed by atoms with van der Waals surface area (Å²) in [6.07, 6.45) is 2.33. The van der Waals surface area contributed by atoms with Crippen LogP contribution in [-0.2, 0) is 11.2 Å². The summed E-state index contributed by atoms with van der Waals surface area (Å²) in [5.41, 5.74) is 0.924. The van der Waals surface area contributed by atoms with E-state index in [0.717, 1.165) is 10.5 Å². The van der Waals surface area contributed by atoms with Gasteiger partial charge in [0.15, 0.2) is 5.78 Å². The Hall–Kier alpha value is -0.180. The van der Waals surface area contributed by atoms with Crippen molar-refractivity contribution < 1.29 is 4.79 Å². The van der Waals surface area contributed by atoms with E-state index in [-0.39, 0.29) is 11.7 Å². The van der Waals surface area contributed by atoms with Gasteiger partial charge in [0.2, 0.25) is 0 Å². The Balaban J connectivity index is 2.86. The van der Waals surface area contributed by atoms with Gasteiger partial charge in [0.05, 0.1) is 5.88 Å². The SMILES string of the molecule is CSc1cc(Cl)cc(CC(=O)CCl)c1. The summed E-state index contributed by atoms with van der Waals surface area (Å²) in [5.74, 6) is 0.0715. The van der Waals surface area contributed by atoms with Crippen molar-refractivity contribution >= 4 is 40.7 Å². The van der Waals surface area contributed by atoms with Gasteiger partial charge in [-0.05, 0) is 30.0 Å². The van der Waals surface area contributed by atoms with Crippen molar-refractivity contribution in [3.63, 3.8) is 0 Å². The first-order valence-electron chi connectivity index (χ1n) is 4.07. The number of Topliss-reactive ketones (excluding diaryl/α,β-unsaturated/α-hetero) is 1. The largest absolute Gasteiger partial charge is 0.298 e. The van der Waals surface area contributed by atoms with Crippen LogP contribution in [0.5, 0.6) is 0 Å². The van der Waals surface area contributed by atoms with Crippen molar-refractivity contribution in [1.82, 2.24) is 0 Å². The third-order valence-electron chi connectivity index (χ3n) is 1.72. The molecular formula is C10H10Cl2OS. The van der Waals surface area contributed by atoms with Crippen LogP contribution in [0.15, 0.2) is 23.1 Å². The van der Waals surface area contributed by atoms with Crippen molar-refractivity contribution in [2.75, 3.05) is 12.1 Å². The van der Waals surface area contributed by atoms with Gasteiger partial charge in [-0.1, -0.05) is 11.6 Å². The highest BCUT2D eigenvalue weighted by atomic mass is 35.5. The van der Waals surface area contributed by atoms with Crippen LogP contribution in [0.25, 0.3) is 0 Å². The number of rotatable bonds is 4. The Morgan fingerprint density at radius 1 is 1.43 bits per heavy atom. The molecule has 1 nitrogen and oxygen atoms in total. The molecule has 0 radical (unpaired) electrons. The van der Waals surface area contributed by atoms with Crippen molar-refractivity contribution in [2.45, 2.75) is 11.3 Å². The summed E-state index contributed by atoms with van der Waals surface area (Å²) in [5, 5.41) is 0.661. The van der Waals surface area contributed by atoms with E-state index in [1.165, 1.54) is 0 Å². The molecule has 0 bridgehead atoms. The molecule has 1 aromatic carbocycles. The van der Waals surface area contributed by atoms with Crippen molar-refractivity contribution in [3.05, 3.63) is 28.8 Å². The van der Waals surface area contributed by atoms with Gasteiger partial charge >= 0.3 is 0 Å². The van der Waals surface area contributed by atoms with E-state index in [1.54, 1.807) is 17.8 Å². The van der Waals surface area contributed by atoms with E-state index in [9.17, 15) is 4.79 Å². The van der Waals surface area contributed by atoms with Crippen molar-refractivity contribution in [1.29, 1.82) is 0 Å². The summed E-state index contributed by atoms with van der Waals surface area (Å²) in [6.45, 7) is 0. The van der Waals surface area contributed by atoms with Crippen LogP contribution >= 0.6 is 35.0 Å². The van der Waals surface area contributed by atoms with E-state index >= 15 is 0 Å². The van der Waals surface area contributed by atoms with Gasteiger partial charge in [0.25, 0.3) is 0 Å². The number of carbonyl (C=O) groups excluding carboxylic acids is 1. The minimum atomic E-state index is 0.0148. The second-order valence-electron chi connectivity index (χ2n) is 2.85. The molecule has 0 aliphatic heterocycles. The molecule has 0 spiro atoms. The molecule has 4 heteroatoms. The number of hydrogen-bond acceptors (Lipinski definition) is 2. The number of halogens is 2. The average molecular weight is 249 g/mol. The lowest BCUT2D eigenvalue weighted by Crippen LogP contribution is -2.03. The quantitative estimate of drug-likeness (QED) is 0.600. The topological polar surface area (TPSA) is 17.1 Å². The maximum atomic E-state index is 11.1. The highest BCUT2D eigenvalue weighted by Crippen LogP contribution is 2.22. The molecule has 0 amide bonds. The van der Waals surface area contributed by atoms with Crippen LogP contribution in [0.3, 0.4) is 0 Å². The highest BCUT2D eigenvalue weighted by Gasteiger charge is 2.04. The average Bonchev–Trinajstić information content (AvgIpc) is 2.16. The standard InChI is InChI=1S/C10H10Cl2OS/c1-14-10-4-7(2-8(12)5-10)3-9(13)6-11/h2,4-5H,3,6H2,1H3. The fourth-order valence-electron chi connectivity index (χ4n) is 1.12. The summed E-state index contributed by atoms with van der Waals surface area (Å²) in [7, 11) is 0. The van der Waals surface area contributed by atoms with Gasteiger partial charge in [-0.15, -0.1) is 23.4 Å². The molecule has 0 aliphatic carbocycles. The highest BCUT2D eigenvalue weighted by molar-refractivity contribution is 7.98. The zero-order chi connectivity index (χ0) is 10.6. The molecule has 0 aromatic heterocycles. The van der Waals surface area contributed by atoms with E-state index in [4.69, 9.17) is 23.2 Å². The van der Waals surface area contributed by atoms with Crippen LogP contribution in [0.2, 0.25) is 5.02 Å². The predicted molar refractivity (Wildman–Crippen MR) is 62.7 cm³/mol. The van der Waals surface area contributed by atoms with E-state index < -0.39 is 0 Å². The van der Waals surface area contributed by atoms with Crippen LogP contribution < -0.4 is 0 Å². The molecule has 0 N–H and O–H groups in total. The second-order valence-corrected chi connectivity index (χ2v) is 4.43. The summed E-state index contributed by atoms with van der Waals surface area (Å²) < 4.78 is 0. The molecule has 0 saturated carbocycles. The summed E-state index contributed by atoms with van der Waals surface area (Å²) >= 11 is 12.9. The Bertz CT molecular complexity index is 339. The Kier molecular flexibility index (Phi) is 4.79. The first-order chi connectivity index (χ1) is 6.65. The monoisotopic (exact) mass is 248 g/mol. The summed E-state index contributed by atoms with van der Waals surface area (Å²) in [6, 6.07) is 5.63. The Labute approximate surface area is 97.8 Å². The Morgan fingerprint density at radius 2 is 2.14 bits per heavy atom. The van der Waals surface area contributed by atoms with Gasteiger partial charge in [-0.2, -0.15) is 0 Å². The maximum Gasteiger partial charge on any atom is 0.151 e. The number of benzene rings is 1. The summed E-state index contributed by atoms with van der Waals surface area (Å²) in [4.78, 5) is 12.2. The molecular weight excluding hydrogens is 239 g/mol.